The lowest BCUT2D eigenvalue weighted by molar-refractivity contribution is 0.483. The van der Waals surface area contributed by atoms with Gasteiger partial charge in [-0.25, -0.2) is 9.98 Å². The summed E-state index contributed by atoms with van der Waals surface area (Å²) in [7, 11) is 2.01. The molecule has 1 aromatic heterocycles. The van der Waals surface area contributed by atoms with Gasteiger partial charge in [0.25, 0.3) is 0 Å². The molecule has 1 aliphatic carbocycles. The first kappa shape index (κ1) is 12.9. The summed E-state index contributed by atoms with van der Waals surface area (Å²) in [5, 5.41) is 0. The van der Waals surface area contributed by atoms with Gasteiger partial charge in [0.15, 0.2) is 5.96 Å². The van der Waals surface area contributed by atoms with Gasteiger partial charge in [0.1, 0.15) is 12.4 Å². The lowest BCUT2D eigenvalue weighted by Gasteiger charge is -2.17. The highest BCUT2D eigenvalue weighted by atomic mass is 15.3. The van der Waals surface area contributed by atoms with Crippen LogP contribution in [-0.2, 0) is 13.1 Å². The summed E-state index contributed by atoms with van der Waals surface area (Å²) >= 11 is 0. The summed E-state index contributed by atoms with van der Waals surface area (Å²) in [4.78, 5) is 10.8. The highest BCUT2D eigenvalue weighted by Gasteiger charge is 2.27. The monoisotopic (exact) mass is 249 g/mol. The summed E-state index contributed by atoms with van der Waals surface area (Å²) in [6.45, 7) is 5.93. The number of hydrogen-bond acceptors (Lipinski definition) is 2. The summed E-state index contributed by atoms with van der Waals surface area (Å²) in [6.07, 6.45) is 6.29. The van der Waals surface area contributed by atoms with E-state index in [2.05, 4.69) is 33.3 Å². The lowest BCUT2D eigenvalue weighted by Crippen LogP contribution is -2.35. The van der Waals surface area contributed by atoms with E-state index in [1.807, 2.05) is 19.4 Å². The second-order valence-electron chi connectivity index (χ2n) is 5.41. The van der Waals surface area contributed by atoms with E-state index in [4.69, 9.17) is 5.73 Å². The largest absolute Gasteiger partial charge is 0.370 e. The first-order valence-electron chi connectivity index (χ1n) is 6.60. The predicted molar refractivity (Wildman–Crippen MR) is 73.2 cm³/mol. The Morgan fingerprint density at radius 3 is 2.94 bits per heavy atom. The Labute approximate surface area is 109 Å². The zero-order chi connectivity index (χ0) is 13.1. The second-order valence-corrected chi connectivity index (χ2v) is 5.41. The van der Waals surface area contributed by atoms with Crippen LogP contribution < -0.4 is 5.73 Å². The molecule has 0 aromatic carbocycles. The minimum Gasteiger partial charge on any atom is -0.370 e. The molecule has 100 valence electrons. The number of guanidine groups is 1. The third-order valence-electron chi connectivity index (χ3n) is 3.20. The molecule has 0 radical (unpaired) electrons. The van der Waals surface area contributed by atoms with Crippen molar-refractivity contribution in [1.29, 1.82) is 0 Å². The number of imidazole rings is 1. The number of hydrogen-bond donors (Lipinski definition) is 1. The number of aliphatic imine (C=N–C) groups is 1. The Balaban J connectivity index is 1.96. The van der Waals surface area contributed by atoms with Crippen molar-refractivity contribution in [2.75, 3.05) is 7.05 Å². The summed E-state index contributed by atoms with van der Waals surface area (Å²) in [5.41, 5.74) is 5.96. The van der Waals surface area contributed by atoms with Crippen molar-refractivity contribution < 1.29 is 0 Å². The molecule has 0 amide bonds. The summed E-state index contributed by atoms with van der Waals surface area (Å²) in [5.74, 6) is 2.21. The molecule has 1 aliphatic rings. The summed E-state index contributed by atoms with van der Waals surface area (Å²) in [6, 6.07) is 0.601. The zero-order valence-corrected chi connectivity index (χ0v) is 11.5. The Kier molecular flexibility index (Phi) is 3.89. The molecule has 2 rings (SSSR count). The van der Waals surface area contributed by atoms with Crippen LogP contribution in [0.15, 0.2) is 17.4 Å². The standard InChI is InChI=1S/C13H23N5/c1-10(2)9-18-7-6-15-12(18)8-16-13(14)17(3)11-4-5-11/h6-7,10-11H,4-5,8-9H2,1-3H3,(H2,14,16). The van der Waals surface area contributed by atoms with Crippen LogP contribution >= 0.6 is 0 Å². The molecule has 0 spiro atoms. The van der Waals surface area contributed by atoms with E-state index in [-0.39, 0.29) is 0 Å². The average molecular weight is 249 g/mol. The van der Waals surface area contributed by atoms with E-state index < -0.39 is 0 Å². The van der Waals surface area contributed by atoms with Crippen molar-refractivity contribution in [2.45, 2.75) is 45.8 Å². The Hall–Kier alpha value is -1.52. The quantitative estimate of drug-likeness (QED) is 0.634. The lowest BCUT2D eigenvalue weighted by atomic mass is 10.2. The molecule has 1 fully saturated rings. The Morgan fingerprint density at radius 1 is 1.61 bits per heavy atom. The summed E-state index contributed by atoms with van der Waals surface area (Å²) < 4.78 is 2.15. The maximum atomic E-state index is 5.96. The van der Waals surface area contributed by atoms with Gasteiger partial charge in [-0.2, -0.15) is 0 Å². The van der Waals surface area contributed by atoms with Crippen molar-refractivity contribution in [3.63, 3.8) is 0 Å². The number of nitrogens with zero attached hydrogens (tertiary/aromatic N) is 4. The van der Waals surface area contributed by atoms with Gasteiger partial charge in [0.05, 0.1) is 0 Å². The van der Waals surface area contributed by atoms with Crippen molar-refractivity contribution in [3.05, 3.63) is 18.2 Å². The molecular weight excluding hydrogens is 226 g/mol. The molecule has 0 aliphatic heterocycles. The molecule has 2 N–H and O–H groups in total. The fraction of sp³-hybridized carbons (Fsp3) is 0.692. The first-order chi connectivity index (χ1) is 8.58. The zero-order valence-electron chi connectivity index (χ0n) is 11.5. The van der Waals surface area contributed by atoms with Gasteiger partial charge in [-0.1, -0.05) is 13.8 Å². The van der Waals surface area contributed by atoms with Gasteiger partial charge < -0.3 is 15.2 Å². The van der Waals surface area contributed by atoms with Gasteiger partial charge in [-0.15, -0.1) is 0 Å². The molecule has 5 heteroatoms. The van der Waals surface area contributed by atoms with E-state index in [0.717, 1.165) is 12.4 Å². The third kappa shape index (κ3) is 3.24. The van der Waals surface area contributed by atoms with Crippen LogP contribution in [0.1, 0.15) is 32.5 Å². The molecule has 1 heterocycles. The van der Waals surface area contributed by atoms with Crippen LogP contribution in [0, 0.1) is 5.92 Å². The van der Waals surface area contributed by atoms with Crippen LogP contribution in [0.4, 0.5) is 0 Å². The molecule has 1 saturated carbocycles. The van der Waals surface area contributed by atoms with Crippen molar-refractivity contribution in [3.8, 4) is 0 Å². The number of rotatable bonds is 5. The van der Waals surface area contributed by atoms with E-state index >= 15 is 0 Å². The van der Waals surface area contributed by atoms with Crippen LogP contribution in [0.3, 0.4) is 0 Å². The second kappa shape index (κ2) is 5.42. The molecule has 0 bridgehead atoms. The van der Waals surface area contributed by atoms with Crippen molar-refractivity contribution in [1.82, 2.24) is 14.5 Å². The first-order valence-corrected chi connectivity index (χ1v) is 6.60. The minimum atomic E-state index is 0.558. The van der Waals surface area contributed by atoms with E-state index in [0.29, 0.717) is 24.5 Å². The molecule has 0 unspecified atom stereocenters. The fourth-order valence-corrected chi connectivity index (χ4v) is 1.96. The Morgan fingerprint density at radius 2 is 2.33 bits per heavy atom. The van der Waals surface area contributed by atoms with Crippen LogP contribution in [0.2, 0.25) is 0 Å². The van der Waals surface area contributed by atoms with E-state index in [9.17, 15) is 0 Å². The molecule has 1 aromatic rings. The molecule has 18 heavy (non-hydrogen) atoms. The minimum absolute atomic E-state index is 0.558. The highest BCUT2D eigenvalue weighted by molar-refractivity contribution is 5.78. The van der Waals surface area contributed by atoms with Gasteiger partial charge in [-0.3, -0.25) is 0 Å². The topological polar surface area (TPSA) is 59.4 Å². The molecular formula is C13H23N5. The van der Waals surface area contributed by atoms with E-state index in [1.165, 1.54) is 12.8 Å². The smallest absolute Gasteiger partial charge is 0.191 e. The predicted octanol–water partition coefficient (Wildman–Crippen LogP) is 1.45. The van der Waals surface area contributed by atoms with Crippen LogP contribution in [0.5, 0.6) is 0 Å². The number of aromatic nitrogens is 2. The van der Waals surface area contributed by atoms with Crippen molar-refractivity contribution >= 4 is 5.96 Å². The average Bonchev–Trinajstić information content (AvgIpc) is 3.07. The van der Waals surface area contributed by atoms with Gasteiger partial charge in [0.2, 0.25) is 0 Å². The molecule has 5 nitrogen and oxygen atoms in total. The van der Waals surface area contributed by atoms with Gasteiger partial charge >= 0.3 is 0 Å². The molecule has 0 saturated heterocycles. The maximum Gasteiger partial charge on any atom is 0.191 e. The van der Waals surface area contributed by atoms with Gasteiger partial charge in [0, 0.05) is 32.0 Å². The van der Waals surface area contributed by atoms with Crippen molar-refractivity contribution in [2.24, 2.45) is 16.6 Å². The van der Waals surface area contributed by atoms with E-state index in [1.54, 1.807) is 0 Å². The Bertz CT molecular complexity index is 417. The molecule has 0 atom stereocenters. The normalized spacial score (nSPS) is 16.3. The maximum absolute atomic E-state index is 5.96. The SMILES string of the molecule is CC(C)Cn1ccnc1CN=C(N)N(C)C1CC1. The van der Waals surface area contributed by atoms with Gasteiger partial charge in [-0.05, 0) is 18.8 Å². The fourth-order valence-electron chi connectivity index (χ4n) is 1.96. The number of nitrogens with two attached hydrogens (primary N) is 1. The van der Waals surface area contributed by atoms with Crippen LogP contribution in [0.25, 0.3) is 0 Å². The third-order valence-corrected chi connectivity index (χ3v) is 3.20. The van der Waals surface area contributed by atoms with Crippen LogP contribution in [-0.4, -0.2) is 33.5 Å². The highest BCUT2D eigenvalue weighted by Crippen LogP contribution is 2.24.